The van der Waals surface area contributed by atoms with Gasteiger partial charge in [-0.2, -0.15) is 0 Å². The number of carbonyl (C=O) groups is 1. The SMILES string of the molecule is CCN(CCC(=O)Nc1c(Cl)cccc1Cl)CC(C)(C)O. The van der Waals surface area contributed by atoms with Crippen molar-refractivity contribution in [3.63, 3.8) is 0 Å². The number of para-hydroxylation sites is 1. The van der Waals surface area contributed by atoms with Gasteiger partial charge < -0.3 is 15.3 Å². The van der Waals surface area contributed by atoms with Crippen LogP contribution in [0.5, 0.6) is 0 Å². The van der Waals surface area contributed by atoms with Crippen LogP contribution in [0.25, 0.3) is 0 Å². The van der Waals surface area contributed by atoms with Crippen molar-refractivity contribution >= 4 is 34.8 Å². The summed E-state index contributed by atoms with van der Waals surface area (Å²) in [5.74, 6) is -0.154. The van der Waals surface area contributed by atoms with Crippen LogP contribution in [-0.4, -0.2) is 41.1 Å². The van der Waals surface area contributed by atoms with Gasteiger partial charge in [0.15, 0.2) is 0 Å². The molecule has 1 rings (SSSR count). The molecule has 0 saturated carbocycles. The second-order valence-electron chi connectivity index (χ2n) is 5.58. The lowest BCUT2D eigenvalue weighted by Crippen LogP contribution is -2.39. The minimum atomic E-state index is -0.779. The molecule has 0 spiro atoms. The Morgan fingerprint density at radius 3 is 2.38 bits per heavy atom. The molecule has 21 heavy (non-hydrogen) atoms. The van der Waals surface area contributed by atoms with Gasteiger partial charge in [0.2, 0.25) is 5.91 Å². The predicted molar refractivity (Wildman–Crippen MR) is 88.1 cm³/mol. The minimum Gasteiger partial charge on any atom is -0.389 e. The summed E-state index contributed by atoms with van der Waals surface area (Å²) in [6, 6.07) is 5.08. The molecule has 0 unspecified atom stereocenters. The molecular formula is C15H22Cl2N2O2. The predicted octanol–water partition coefficient (Wildman–Crippen LogP) is 3.41. The molecule has 0 radical (unpaired) electrons. The van der Waals surface area contributed by atoms with Crippen molar-refractivity contribution in [2.24, 2.45) is 0 Å². The van der Waals surface area contributed by atoms with Gasteiger partial charge in [-0.15, -0.1) is 0 Å². The zero-order chi connectivity index (χ0) is 16.0. The van der Waals surface area contributed by atoms with E-state index in [0.29, 0.717) is 35.2 Å². The van der Waals surface area contributed by atoms with E-state index in [0.717, 1.165) is 6.54 Å². The number of hydrogen-bond acceptors (Lipinski definition) is 3. The number of likely N-dealkylation sites (N-methyl/N-ethyl adjacent to an activating group) is 1. The fourth-order valence-corrected chi connectivity index (χ4v) is 2.47. The van der Waals surface area contributed by atoms with Gasteiger partial charge in [-0.1, -0.05) is 36.2 Å². The van der Waals surface area contributed by atoms with E-state index in [2.05, 4.69) is 5.32 Å². The number of rotatable bonds is 7. The molecule has 0 fully saturated rings. The van der Waals surface area contributed by atoms with Crippen LogP contribution in [0.1, 0.15) is 27.2 Å². The number of halogens is 2. The Kier molecular flexibility index (Phi) is 6.94. The first-order chi connectivity index (χ1) is 9.73. The Morgan fingerprint density at radius 2 is 1.90 bits per heavy atom. The second kappa shape index (κ2) is 7.99. The standard InChI is InChI=1S/C15H22Cl2N2O2/c1-4-19(10-15(2,3)21)9-8-13(20)18-14-11(16)6-5-7-12(14)17/h5-7,21H,4,8-10H2,1-3H3,(H,18,20). The third kappa shape index (κ3) is 6.66. The van der Waals surface area contributed by atoms with Crippen molar-refractivity contribution in [2.75, 3.05) is 25.0 Å². The van der Waals surface area contributed by atoms with Crippen molar-refractivity contribution in [1.29, 1.82) is 0 Å². The molecule has 4 nitrogen and oxygen atoms in total. The lowest BCUT2D eigenvalue weighted by atomic mass is 10.1. The summed E-state index contributed by atoms with van der Waals surface area (Å²) >= 11 is 12.0. The summed E-state index contributed by atoms with van der Waals surface area (Å²) in [6.45, 7) is 7.34. The van der Waals surface area contributed by atoms with E-state index < -0.39 is 5.60 Å². The quantitative estimate of drug-likeness (QED) is 0.804. The second-order valence-corrected chi connectivity index (χ2v) is 6.39. The third-order valence-electron chi connectivity index (χ3n) is 2.94. The molecule has 0 heterocycles. The Hall–Kier alpha value is -0.810. The molecule has 0 atom stereocenters. The lowest BCUT2D eigenvalue weighted by Gasteiger charge is -2.27. The van der Waals surface area contributed by atoms with Gasteiger partial charge in [0.1, 0.15) is 0 Å². The summed E-state index contributed by atoms with van der Waals surface area (Å²) in [5, 5.41) is 13.4. The van der Waals surface area contributed by atoms with E-state index in [4.69, 9.17) is 23.2 Å². The maximum atomic E-state index is 12.0. The van der Waals surface area contributed by atoms with Gasteiger partial charge in [-0.3, -0.25) is 4.79 Å². The highest BCUT2D eigenvalue weighted by atomic mass is 35.5. The number of nitrogens with zero attached hydrogens (tertiary/aromatic N) is 1. The number of aliphatic hydroxyl groups is 1. The van der Waals surface area contributed by atoms with Gasteiger partial charge in [0.25, 0.3) is 0 Å². The van der Waals surface area contributed by atoms with E-state index in [9.17, 15) is 9.90 Å². The van der Waals surface area contributed by atoms with Gasteiger partial charge >= 0.3 is 0 Å². The van der Waals surface area contributed by atoms with Crippen LogP contribution in [0.4, 0.5) is 5.69 Å². The molecule has 0 aromatic heterocycles. The van der Waals surface area contributed by atoms with E-state index in [1.165, 1.54) is 0 Å². The van der Waals surface area contributed by atoms with Crippen LogP contribution >= 0.6 is 23.2 Å². The Balaban J connectivity index is 2.54. The van der Waals surface area contributed by atoms with Crippen molar-refractivity contribution in [1.82, 2.24) is 4.90 Å². The van der Waals surface area contributed by atoms with Gasteiger partial charge in [-0.05, 0) is 32.5 Å². The molecule has 1 amide bonds. The highest BCUT2D eigenvalue weighted by molar-refractivity contribution is 6.39. The number of benzene rings is 1. The van der Waals surface area contributed by atoms with Crippen LogP contribution in [0.15, 0.2) is 18.2 Å². The number of nitrogens with one attached hydrogen (secondary N) is 1. The minimum absolute atomic E-state index is 0.154. The fraction of sp³-hybridized carbons (Fsp3) is 0.533. The van der Waals surface area contributed by atoms with Crippen molar-refractivity contribution in [3.8, 4) is 0 Å². The lowest BCUT2D eigenvalue weighted by molar-refractivity contribution is -0.116. The van der Waals surface area contributed by atoms with E-state index in [1.807, 2.05) is 11.8 Å². The number of anilines is 1. The van der Waals surface area contributed by atoms with Crippen LogP contribution < -0.4 is 5.32 Å². The van der Waals surface area contributed by atoms with E-state index in [1.54, 1.807) is 32.0 Å². The normalized spacial score (nSPS) is 11.8. The average molecular weight is 333 g/mol. The Labute approximate surface area is 136 Å². The average Bonchev–Trinajstić information content (AvgIpc) is 2.37. The fourth-order valence-electron chi connectivity index (χ4n) is 1.98. The Bertz CT molecular complexity index is 467. The first-order valence-corrected chi connectivity index (χ1v) is 7.67. The first-order valence-electron chi connectivity index (χ1n) is 6.91. The molecule has 1 aromatic rings. The van der Waals surface area contributed by atoms with Crippen molar-refractivity contribution in [2.45, 2.75) is 32.8 Å². The summed E-state index contributed by atoms with van der Waals surface area (Å²) in [7, 11) is 0. The molecule has 2 N–H and O–H groups in total. The van der Waals surface area contributed by atoms with E-state index >= 15 is 0 Å². The molecule has 118 valence electrons. The molecule has 6 heteroatoms. The zero-order valence-corrected chi connectivity index (χ0v) is 14.1. The molecule has 0 bridgehead atoms. The molecule has 0 saturated heterocycles. The van der Waals surface area contributed by atoms with Crippen LogP contribution in [0, 0.1) is 0 Å². The van der Waals surface area contributed by atoms with Gasteiger partial charge in [0, 0.05) is 19.5 Å². The van der Waals surface area contributed by atoms with Crippen molar-refractivity contribution in [3.05, 3.63) is 28.2 Å². The Morgan fingerprint density at radius 1 is 1.33 bits per heavy atom. The van der Waals surface area contributed by atoms with Gasteiger partial charge in [0.05, 0.1) is 21.3 Å². The monoisotopic (exact) mass is 332 g/mol. The highest BCUT2D eigenvalue weighted by Gasteiger charge is 2.18. The zero-order valence-electron chi connectivity index (χ0n) is 12.6. The number of amides is 1. The highest BCUT2D eigenvalue weighted by Crippen LogP contribution is 2.29. The molecule has 0 aliphatic heterocycles. The largest absolute Gasteiger partial charge is 0.389 e. The smallest absolute Gasteiger partial charge is 0.225 e. The molecular weight excluding hydrogens is 311 g/mol. The van der Waals surface area contributed by atoms with E-state index in [-0.39, 0.29) is 5.91 Å². The first kappa shape index (κ1) is 18.2. The summed E-state index contributed by atoms with van der Waals surface area (Å²) in [5.41, 5.74) is -0.338. The van der Waals surface area contributed by atoms with Crippen molar-refractivity contribution < 1.29 is 9.90 Å². The number of carbonyl (C=O) groups excluding carboxylic acids is 1. The topological polar surface area (TPSA) is 52.6 Å². The van der Waals surface area contributed by atoms with Crippen LogP contribution in [0.3, 0.4) is 0 Å². The maximum Gasteiger partial charge on any atom is 0.225 e. The molecule has 0 aliphatic rings. The van der Waals surface area contributed by atoms with Gasteiger partial charge in [-0.25, -0.2) is 0 Å². The molecule has 0 aliphatic carbocycles. The molecule has 1 aromatic carbocycles. The summed E-state index contributed by atoms with van der Waals surface area (Å²) in [4.78, 5) is 14.0. The summed E-state index contributed by atoms with van der Waals surface area (Å²) < 4.78 is 0. The summed E-state index contributed by atoms with van der Waals surface area (Å²) in [6.07, 6.45) is 0.311. The van der Waals surface area contributed by atoms with Crippen LogP contribution in [0.2, 0.25) is 10.0 Å². The number of hydrogen-bond donors (Lipinski definition) is 2. The van der Waals surface area contributed by atoms with Crippen LogP contribution in [-0.2, 0) is 4.79 Å². The maximum absolute atomic E-state index is 12.0. The third-order valence-corrected chi connectivity index (χ3v) is 3.57.